The Bertz CT molecular complexity index is 1810. The maximum absolute atomic E-state index is 13.1. The number of ether oxygens (including phenoxy) is 4. The topological polar surface area (TPSA) is 117 Å². The number of anilines is 1. The number of Topliss-reactive ketones (excluding diaryl/α,β-unsaturated/α-hetero) is 2. The molecule has 0 aromatic heterocycles. The second-order valence-electron chi connectivity index (χ2n) is 12.3. The van der Waals surface area contributed by atoms with Crippen molar-refractivity contribution in [3.05, 3.63) is 106 Å². The fourth-order valence-electron chi connectivity index (χ4n) is 6.16. The van der Waals surface area contributed by atoms with Gasteiger partial charge in [0.05, 0.1) is 51.4 Å². The standard InChI is InChI=1S/C19H19Cl2NO3.C19H18Cl2O4/c2*1-10-4-5-11(8-14(10)22)16-17(19(16,20)21)18(23)13-9-12(24-2)6-7-15(13)25-3/h4-9,16-17H,22H2,1-3H3;4-9,16-17,22H,1-3H3. The van der Waals surface area contributed by atoms with E-state index in [1.165, 1.54) is 21.3 Å². The van der Waals surface area contributed by atoms with Gasteiger partial charge in [0.2, 0.25) is 0 Å². The highest BCUT2D eigenvalue weighted by molar-refractivity contribution is 6.54. The number of aromatic hydroxyl groups is 1. The lowest BCUT2D eigenvalue weighted by Crippen LogP contribution is -2.09. The fraction of sp³-hybridized carbons (Fsp3) is 0.316. The Morgan fingerprint density at radius 1 is 0.620 bits per heavy atom. The number of rotatable bonds is 10. The molecule has 4 unspecified atom stereocenters. The van der Waals surface area contributed by atoms with Crippen LogP contribution in [-0.4, -0.2) is 53.8 Å². The van der Waals surface area contributed by atoms with Gasteiger partial charge in [0.1, 0.15) is 37.4 Å². The molecule has 6 rings (SSSR count). The van der Waals surface area contributed by atoms with Crippen LogP contribution in [0.25, 0.3) is 0 Å². The minimum Gasteiger partial charge on any atom is -0.508 e. The maximum Gasteiger partial charge on any atom is 0.173 e. The molecule has 264 valence electrons. The number of benzene rings is 4. The second-order valence-corrected chi connectivity index (χ2v) is 15.2. The summed E-state index contributed by atoms with van der Waals surface area (Å²) in [6.45, 7) is 3.72. The van der Waals surface area contributed by atoms with Crippen molar-refractivity contribution in [3.63, 3.8) is 0 Å². The van der Waals surface area contributed by atoms with Crippen LogP contribution in [0.5, 0.6) is 28.7 Å². The van der Waals surface area contributed by atoms with Gasteiger partial charge in [-0.15, -0.1) is 46.4 Å². The Morgan fingerprint density at radius 2 is 1.04 bits per heavy atom. The molecule has 2 saturated carbocycles. The Hall–Kier alpha value is -3.82. The van der Waals surface area contributed by atoms with E-state index in [1.54, 1.807) is 62.6 Å². The summed E-state index contributed by atoms with van der Waals surface area (Å²) in [6, 6.07) is 20.9. The van der Waals surface area contributed by atoms with Crippen molar-refractivity contribution in [1.29, 1.82) is 0 Å². The lowest BCUT2D eigenvalue weighted by Gasteiger charge is -2.10. The number of phenols is 1. The van der Waals surface area contributed by atoms with E-state index in [2.05, 4.69) is 0 Å². The summed E-state index contributed by atoms with van der Waals surface area (Å²) >= 11 is 25.7. The van der Waals surface area contributed by atoms with Crippen LogP contribution in [0.1, 0.15) is 54.8 Å². The number of carbonyl (C=O) groups is 2. The first-order valence-corrected chi connectivity index (χ1v) is 17.1. The van der Waals surface area contributed by atoms with Gasteiger partial charge in [0, 0.05) is 17.5 Å². The summed E-state index contributed by atoms with van der Waals surface area (Å²) in [6.07, 6.45) is 0. The first kappa shape index (κ1) is 37.4. The third-order valence-electron chi connectivity index (χ3n) is 9.27. The first-order valence-electron chi connectivity index (χ1n) is 15.6. The molecule has 0 spiro atoms. The zero-order valence-electron chi connectivity index (χ0n) is 28.2. The Kier molecular flexibility index (Phi) is 10.8. The normalized spacial score (nSPS) is 20.8. The van der Waals surface area contributed by atoms with Crippen LogP contribution in [0.2, 0.25) is 0 Å². The van der Waals surface area contributed by atoms with Gasteiger partial charge in [-0.2, -0.15) is 0 Å². The van der Waals surface area contributed by atoms with Crippen molar-refractivity contribution in [2.75, 3.05) is 34.2 Å². The predicted molar refractivity (Wildman–Crippen MR) is 198 cm³/mol. The quantitative estimate of drug-likeness (QED) is 0.0936. The third kappa shape index (κ3) is 7.04. The molecule has 4 aromatic rings. The predicted octanol–water partition coefficient (Wildman–Crippen LogP) is 8.85. The lowest BCUT2D eigenvalue weighted by molar-refractivity contribution is 0.0953. The Balaban J connectivity index is 0.000000194. The SMILES string of the molecule is COc1ccc(OC)c(C(=O)C2C(c3ccc(C)c(N)c3)C2(Cl)Cl)c1.COc1ccc(OC)c(C(=O)C2C(c3ccc(C)c(O)c3)C2(Cl)Cl)c1. The molecule has 2 fully saturated rings. The fourth-order valence-corrected chi connectivity index (χ4v) is 7.81. The van der Waals surface area contributed by atoms with Gasteiger partial charge < -0.3 is 29.8 Å². The zero-order valence-corrected chi connectivity index (χ0v) is 31.2. The number of nitrogen functional groups attached to an aromatic ring is 1. The molecule has 2 aliphatic carbocycles. The summed E-state index contributed by atoms with van der Waals surface area (Å²) in [5.74, 6) is -0.142. The number of halogens is 4. The van der Waals surface area contributed by atoms with Crippen LogP contribution in [0.3, 0.4) is 0 Å². The van der Waals surface area contributed by atoms with Gasteiger partial charge in [0.25, 0.3) is 0 Å². The minimum absolute atomic E-state index is 0.152. The molecule has 50 heavy (non-hydrogen) atoms. The highest BCUT2D eigenvalue weighted by Crippen LogP contribution is 2.67. The van der Waals surface area contributed by atoms with Crippen molar-refractivity contribution in [2.24, 2.45) is 11.8 Å². The summed E-state index contributed by atoms with van der Waals surface area (Å²) in [5.41, 5.74) is 10.7. The summed E-state index contributed by atoms with van der Waals surface area (Å²) < 4.78 is 18.6. The number of ketones is 2. The number of hydrogen-bond donors (Lipinski definition) is 2. The largest absolute Gasteiger partial charge is 0.508 e. The van der Waals surface area contributed by atoms with Gasteiger partial charge >= 0.3 is 0 Å². The van der Waals surface area contributed by atoms with E-state index in [0.29, 0.717) is 39.8 Å². The molecule has 0 radical (unpaired) electrons. The smallest absolute Gasteiger partial charge is 0.173 e. The van der Waals surface area contributed by atoms with E-state index in [0.717, 1.165) is 22.3 Å². The van der Waals surface area contributed by atoms with Crippen LogP contribution in [0.15, 0.2) is 72.8 Å². The second kappa shape index (κ2) is 14.4. The summed E-state index contributed by atoms with van der Waals surface area (Å²) in [7, 11) is 6.07. The highest BCUT2D eigenvalue weighted by atomic mass is 35.5. The highest BCUT2D eigenvalue weighted by Gasteiger charge is 2.68. The lowest BCUT2D eigenvalue weighted by atomic mass is 10.0. The van der Waals surface area contributed by atoms with E-state index >= 15 is 0 Å². The average Bonchev–Trinajstić information content (AvgIpc) is 3.91. The number of carbonyl (C=O) groups excluding carboxylic acids is 2. The minimum atomic E-state index is -1.23. The summed E-state index contributed by atoms with van der Waals surface area (Å²) in [4.78, 5) is 26.1. The van der Waals surface area contributed by atoms with Crippen molar-refractivity contribution in [3.8, 4) is 28.7 Å². The van der Waals surface area contributed by atoms with Gasteiger partial charge in [-0.25, -0.2) is 0 Å². The van der Waals surface area contributed by atoms with Crippen molar-refractivity contribution in [1.82, 2.24) is 0 Å². The molecule has 2 aliphatic rings. The number of hydrogen-bond acceptors (Lipinski definition) is 8. The van der Waals surface area contributed by atoms with Crippen LogP contribution in [0.4, 0.5) is 5.69 Å². The molecule has 12 heteroatoms. The molecular formula is C38H37Cl4NO7. The number of phenolic OH excluding ortho intramolecular Hbond substituents is 1. The van der Waals surface area contributed by atoms with E-state index in [9.17, 15) is 14.7 Å². The maximum atomic E-state index is 13.1. The van der Waals surface area contributed by atoms with Crippen LogP contribution in [0, 0.1) is 25.7 Å². The van der Waals surface area contributed by atoms with Gasteiger partial charge in [-0.1, -0.05) is 24.3 Å². The molecule has 0 amide bonds. The number of aryl methyl sites for hydroxylation is 2. The van der Waals surface area contributed by atoms with Crippen molar-refractivity contribution < 1.29 is 33.6 Å². The van der Waals surface area contributed by atoms with E-state index in [1.807, 2.05) is 31.2 Å². The first-order chi connectivity index (χ1) is 23.6. The molecule has 0 heterocycles. The molecule has 8 nitrogen and oxygen atoms in total. The number of methoxy groups -OCH3 is 4. The number of alkyl halides is 4. The van der Waals surface area contributed by atoms with Gasteiger partial charge in [0.15, 0.2) is 11.6 Å². The van der Waals surface area contributed by atoms with Crippen molar-refractivity contribution in [2.45, 2.75) is 34.3 Å². The summed E-state index contributed by atoms with van der Waals surface area (Å²) in [5, 5.41) is 9.93. The van der Waals surface area contributed by atoms with E-state index in [4.69, 9.17) is 71.1 Å². The molecule has 0 aliphatic heterocycles. The van der Waals surface area contributed by atoms with E-state index in [-0.39, 0.29) is 23.2 Å². The zero-order chi connectivity index (χ0) is 36.7. The molecule has 0 saturated heterocycles. The van der Waals surface area contributed by atoms with Crippen LogP contribution in [-0.2, 0) is 0 Å². The molecule has 3 N–H and O–H groups in total. The van der Waals surface area contributed by atoms with Crippen molar-refractivity contribution >= 4 is 63.7 Å². The monoisotopic (exact) mass is 759 g/mol. The van der Waals surface area contributed by atoms with Crippen LogP contribution < -0.4 is 24.7 Å². The molecule has 0 bridgehead atoms. The number of nitrogens with two attached hydrogens (primary N) is 1. The molecular weight excluding hydrogens is 724 g/mol. The van der Waals surface area contributed by atoms with Gasteiger partial charge in [-0.3, -0.25) is 9.59 Å². The van der Waals surface area contributed by atoms with Gasteiger partial charge in [-0.05, 0) is 84.6 Å². The van der Waals surface area contributed by atoms with E-state index < -0.39 is 26.4 Å². The Labute approximate surface area is 311 Å². The average molecular weight is 762 g/mol. The molecule has 4 aromatic carbocycles. The van der Waals surface area contributed by atoms with Crippen LogP contribution >= 0.6 is 46.4 Å². The third-order valence-corrected chi connectivity index (χ3v) is 11.2. The Morgan fingerprint density at radius 3 is 1.42 bits per heavy atom. The molecule has 4 atom stereocenters.